The predicted molar refractivity (Wildman–Crippen MR) is 88.1 cm³/mol. The van der Waals surface area contributed by atoms with Gasteiger partial charge < -0.3 is 4.90 Å². The first-order chi connectivity index (χ1) is 11.3. The van der Waals surface area contributed by atoms with Gasteiger partial charge in [0, 0.05) is 43.3 Å². The Balaban J connectivity index is 1.41. The number of para-hydroxylation sites is 1. The molecule has 0 radical (unpaired) electrons. The minimum atomic E-state index is 0.203. The number of aromatic nitrogens is 1. The van der Waals surface area contributed by atoms with Gasteiger partial charge in [0.05, 0.1) is 12.1 Å². The Morgan fingerprint density at radius 2 is 1.83 bits per heavy atom. The molecule has 1 aromatic heterocycles. The summed E-state index contributed by atoms with van der Waals surface area (Å²) >= 11 is 0. The summed E-state index contributed by atoms with van der Waals surface area (Å²) in [5.41, 5.74) is 3.45. The van der Waals surface area contributed by atoms with Gasteiger partial charge in [0.15, 0.2) is 0 Å². The molecule has 5 nitrogen and oxygen atoms in total. The summed E-state index contributed by atoms with van der Waals surface area (Å²) in [6.45, 7) is 1.88. The van der Waals surface area contributed by atoms with Crippen molar-refractivity contribution in [2.75, 3.05) is 23.0 Å². The molecule has 3 aliphatic heterocycles. The molecule has 5 rings (SSSR count). The van der Waals surface area contributed by atoms with Gasteiger partial charge in [-0.15, -0.1) is 0 Å². The molecule has 2 saturated heterocycles. The largest absolute Gasteiger partial charge is 0.365 e. The monoisotopic (exact) mass is 306 g/mol. The lowest BCUT2D eigenvalue weighted by atomic mass is 10.2. The van der Waals surface area contributed by atoms with Crippen LogP contribution >= 0.6 is 0 Å². The highest BCUT2D eigenvalue weighted by atomic mass is 16.2. The Morgan fingerprint density at radius 1 is 1.00 bits per heavy atom. The van der Waals surface area contributed by atoms with Crippen LogP contribution in [-0.2, 0) is 11.2 Å². The van der Waals surface area contributed by atoms with Crippen molar-refractivity contribution in [2.45, 2.75) is 24.9 Å². The number of piperazine rings is 1. The van der Waals surface area contributed by atoms with Crippen LogP contribution in [0.3, 0.4) is 0 Å². The first-order valence-electron chi connectivity index (χ1n) is 8.15. The third-order valence-corrected chi connectivity index (χ3v) is 5.26. The van der Waals surface area contributed by atoms with Crippen LogP contribution in [0.4, 0.5) is 11.4 Å². The van der Waals surface area contributed by atoms with E-state index in [0.29, 0.717) is 18.5 Å². The van der Waals surface area contributed by atoms with E-state index in [1.807, 2.05) is 29.5 Å². The molecule has 2 fully saturated rings. The standard InChI is InChI=1S/C18H18N4O/c23-18-9-13-3-1-2-4-17(13)22(18)21-12-15-10-16(21)11-20(15)14-5-7-19-8-6-14/h1-8,15-16H,9-12H2/t15-,16-/m0/s1. The zero-order valence-electron chi connectivity index (χ0n) is 12.8. The summed E-state index contributed by atoms with van der Waals surface area (Å²) < 4.78 is 0. The average Bonchev–Trinajstić information content (AvgIpc) is 3.26. The molecule has 3 aliphatic rings. The summed E-state index contributed by atoms with van der Waals surface area (Å²) in [6, 6.07) is 13.2. The number of fused-ring (bicyclic) bond motifs is 3. The van der Waals surface area contributed by atoms with Gasteiger partial charge in [-0.05, 0) is 30.2 Å². The van der Waals surface area contributed by atoms with E-state index in [0.717, 1.165) is 30.8 Å². The van der Waals surface area contributed by atoms with Gasteiger partial charge in [-0.25, -0.2) is 10.0 Å². The van der Waals surface area contributed by atoms with Crippen molar-refractivity contribution in [3.8, 4) is 0 Å². The molecule has 23 heavy (non-hydrogen) atoms. The summed E-state index contributed by atoms with van der Waals surface area (Å²) in [7, 11) is 0. The maximum absolute atomic E-state index is 12.5. The predicted octanol–water partition coefficient (Wildman–Crippen LogP) is 1.85. The number of rotatable bonds is 2. The summed E-state index contributed by atoms with van der Waals surface area (Å²) in [5.74, 6) is 0.203. The number of benzene rings is 1. The third kappa shape index (κ3) is 1.90. The van der Waals surface area contributed by atoms with Gasteiger partial charge in [0.1, 0.15) is 0 Å². The van der Waals surface area contributed by atoms with E-state index in [9.17, 15) is 4.79 Å². The maximum Gasteiger partial charge on any atom is 0.246 e. The van der Waals surface area contributed by atoms with Gasteiger partial charge >= 0.3 is 0 Å². The quantitative estimate of drug-likeness (QED) is 0.849. The number of hydrazine groups is 1. The fourth-order valence-electron chi connectivity index (χ4n) is 4.26. The Hall–Kier alpha value is -2.40. The van der Waals surface area contributed by atoms with E-state index >= 15 is 0 Å². The van der Waals surface area contributed by atoms with Crippen molar-refractivity contribution in [3.05, 3.63) is 54.4 Å². The topological polar surface area (TPSA) is 39.7 Å². The molecule has 5 heteroatoms. The van der Waals surface area contributed by atoms with Crippen LogP contribution < -0.4 is 9.91 Å². The number of nitrogens with zero attached hydrogens (tertiary/aromatic N) is 4. The average molecular weight is 306 g/mol. The SMILES string of the molecule is O=C1Cc2ccccc2N1N1C[C@@H]2C[C@H]1CN2c1ccncc1. The molecule has 2 aromatic rings. The molecular weight excluding hydrogens is 288 g/mol. The highest BCUT2D eigenvalue weighted by Gasteiger charge is 2.48. The lowest BCUT2D eigenvalue weighted by Crippen LogP contribution is -2.55. The van der Waals surface area contributed by atoms with Gasteiger partial charge in [0.2, 0.25) is 5.91 Å². The Bertz CT molecular complexity index is 763. The van der Waals surface area contributed by atoms with E-state index in [1.165, 1.54) is 5.69 Å². The first kappa shape index (κ1) is 13.1. The van der Waals surface area contributed by atoms with Gasteiger partial charge in [-0.1, -0.05) is 18.2 Å². The second kappa shape index (κ2) is 4.80. The minimum Gasteiger partial charge on any atom is -0.365 e. The van der Waals surface area contributed by atoms with Crippen LogP contribution in [0.1, 0.15) is 12.0 Å². The van der Waals surface area contributed by atoms with Crippen LogP contribution in [0.5, 0.6) is 0 Å². The van der Waals surface area contributed by atoms with Crippen molar-refractivity contribution in [3.63, 3.8) is 0 Å². The van der Waals surface area contributed by atoms with Crippen molar-refractivity contribution in [1.29, 1.82) is 0 Å². The summed E-state index contributed by atoms with van der Waals surface area (Å²) in [6.07, 6.45) is 5.34. The summed E-state index contributed by atoms with van der Waals surface area (Å²) in [4.78, 5) is 19.1. The van der Waals surface area contributed by atoms with E-state index in [-0.39, 0.29) is 5.91 Å². The minimum absolute atomic E-state index is 0.203. The zero-order chi connectivity index (χ0) is 15.4. The highest BCUT2D eigenvalue weighted by molar-refractivity contribution is 6.00. The molecule has 2 bridgehead atoms. The van der Waals surface area contributed by atoms with Crippen LogP contribution in [-0.4, -0.2) is 41.1 Å². The number of carbonyl (C=O) groups is 1. The second-order valence-electron chi connectivity index (χ2n) is 6.53. The van der Waals surface area contributed by atoms with Crippen molar-refractivity contribution in [2.24, 2.45) is 0 Å². The van der Waals surface area contributed by atoms with E-state index in [2.05, 4.69) is 39.2 Å². The summed E-state index contributed by atoms with van der Waals surface area (Å²) in [5, 5.41) is 4.22. The van der Waals surface area contributed by atoms with E-state index in [1.54, 1.807) is 0 Å². The Labute approximate surface area is 135 Å². The molecule has 0 N–H and O–H groups in total. The van der Waals surface area contributed by atoms with Gasteiger partial charge in [-0.3, -0.25) is 9.78 Å². The molecule has 116 valence electrons. The van der Waals surface area contributed by atoms with E-state index in [4.69, 9.17) is 0 Å². The molecule has 0 aliphatic carbocycles. The van der Waals surface area contributed by atoms with Crippen LogP contribution in [0.25, 0.3) is 0 Å². The van der Waals surface area contributed by atoms with Crippen molar-refractivity contribution in [1.82, 2.24) is 9.99 Å². The zero-order valence-corrected chi connectivity index (χ0v) is 12.8. The molecule has 0 spiro atoms. The lowest BCUT2D eigenvalue weighted by Gasteiger charge is -2.40. The fourth-order valence-corrected chi connectivity index (χ4v) is 4.26. The van der Waals surface area contributed by atoms with Crippen LogP contribution in [0, 0.1) is 0 Å². The van der Waals surface area contributed by atoms with Gasteiger partial charge in [-0.2, -0.15) is 0 Å². The molecule has 4 heterocycles. The Kier molecular flexibility index (Phi) is 2.73. The molecular formula is C18H18N4O. The highest BCUT2D eigenvalue weighted by Crippen LogP contribution is 2.39. The number of hydrogen-bond acceptors (Lipinski definition) is 4. The van der Waals surface area contributed by atoms with Crippen molar-refractivity contribution >= 4 is 17.3 Å². The number of carbonyl (C=O) groups excluding carboxylic acids is 1. The Morgan fingerprint density at radius 3 is 2.61 bits per heavy atom. The molecule has 1 amide bonds. The van der Waals surface area contributed by atoms with Gasteiger partial charge in [0.25, 0.3) is 0 Å². The molecule has 2 atom stereocenters. The normalized spacial score (nSPS) is 26.2. The number of anilines is 2. The number of hydrogen-bond donors (Lipinski definition) is 0. The number of amides is 1. The first-order valence-corrected chi connectivity index (χ1v) is 8.15. The van der Waals surface area contributed by atoms with Crippen LogP contribution in [0.2, 0.25) is 0 Å². The molecule has 0 unspecified atom stereocenters. The lowest BCUT2D eigenvalue weighted by molar-refractivity contribution is -0.120. The molecule has 0 saturated carbocycles. The maximum atomic E-state index is 12.5. The van der Waals surface area contributed by atoms with E-state index < -0.39 is 0 Å². The fraction of sp³-hybridized carbons (Fsp3) is 0.333. The second-order valence-corrected chi connectivity index (χ2v) is 6.53. The molecule has 1 aromatic carbocycles. The smallest absolute Gasteiger partial charge is 0.246 e. The van der Waals surface area contributed by atoms with Crippen LogP contribution in [0.15, 0.2) is 48.8 Å². The number of pyridine rings is 1. The third-order valence-electron chi connectivity index (χ3n) is 5.26. The van der Waals surface area contributed by atoms with Crippen molar-refractivity contribution < 1.29 is 4.79 Å².